The Morgan fingerprint density at radius 3 is 2.17 bits per heavy atom. The van der Waals surface area contributed by atoms with Crippen LogP contribution in [0.3, 0.4) is 0 Å². The zero-order chi connectivity index (χ0) is 16.7. The highest BCUT2D eigenvalue weighted by Crippen LogP contribution is 2.47. The maximum atomic E-state index is 13.4. The van der Waals surface area contributed by atoms with Gasteiger partial charge in [-0.05, 0) is 24.5 Å². The number of halogens is 5. The van der Waals surface area contributed by atoms with Crippen LogP contribution in [-0.2, 0) is 0 Å². The number of nitrogens with zero attached hydrogens (tertiary/aromatic N) is 1. The fourth-order valence-electron chi connectivity index (χ4n) is 2.22. The van der Waals surface area contributed by atoms with Gasteiger partial charge in [0.1, 0.15) is 17.2 Å². The highest BCUT2D eigenvalue weighted by atomic mass is 19.2. The van der Waals surface area contributed by atoms with E-state index in [1.165, 1.54) is 0 Å². The molecule has 1 N–H and O–H groups in total. The Kier molecular flexibility index (Phi) is 3.83. The van der Waals surface area contributed by atoms with E-state index in [2.05, 4.69) is 12.0 Å². The Bertz CT molecular complexity index is 757. The van der Waals surface area contributed by atoms with Crippen LogP contribution in [0.1, 0.15) is 30.8 Å². The van der Waals surface area contributed by atoms with Gasteiger partial charge in [0.15, 0.2) is 23.3 Å². The highest BCUT2D eigenvalue weighted by Gasteiger charge is 2.36. The summed E-state index contributed by atoms with van der Waals surface area (Å²) in [6.45, 7) is 2.08. The minimum absolute atomic E-state index is 0.301. The smallest absolute Gasteiger partial charge is 0.200 e. The van der Waals surface area contributed by atoms with Gasteiger partial charge in [0.25, 0.3) is 0 Å². The van der Waals surface area contributed by atoms with Crippen LogP contribution in [-0.4, -0.2) is 6.21 Å². The van der Waals surface area contributed by atoms with Crippen molar-refractivity contribution in [2.75, 3.05) is 5.43 Å². The first-order valence-electron chi connectivity index (χ1n) is 6.80. The molecule has 0 saturated heterocycles. The van der Waals surface area contributed by atoms with Gasteiger partial charge in [-0.25, -0.2) is 22.0 Å². The second-order valence-corrected chi connectivity index (χ2v) is 5.37. The number of hydrazone groups is 1. The summed E-state index contributed by atoms with van der Waals surface area (Å²) in [5.41, 5.74) is 0.592. The largest absolute Gasteiger partial charge is 0.460 e. The minimum atomic E-state index is -2.22. The van der Waals surface area contributed by atoms with E-state index in [-0.39, 0.29) is 0 Å². The van der Waals surface area contributed by atoms with E-state index in [0.29, 0.717) is 17.6 Å². The zero-order valence-corrected chi connectivity index (χ0v) is 11.8. The maximum Gasteiger partial charge on any atom is 0.200 e. The minimum Gasteiger partial charge on any atom is -0.460 e. The van der Waals surface area contributed by atoms with E-state index >= 15 is 0 Å². The number of hydrogen-bond donors (Lipinski definition) is 1. The standard InChI is InChI=1S/C15H11F5N2O/c1-6-4-8(6)9-3-2-7(23-9)5-21-22-15-13(19)11(17)10(16)12(18)14(15)20/h2-3,5-6,8,22H,4H2,1H3/b21-5-/t6-,8-/m0/s1. The van der Waals surface area contributed by atoms with Crippen LogP contribution in [0.25, 0.3) is 0 Å². The molecule has 8 heteroatoms. The molecule has 3 rings (SSSR count). The Labute approximate surface area is 127 Å². The van der Waals surface area contributed by atoms with Gasteiger partial charge in [-0.3, -0.25) is 5.43 Å². The second kappa shape index (κ2) is 5.68. The molecule has 122 valence electrons. The second-order valence-electron chi connectivity index (χ2n) is 5.37. The number of furan rings is 1. The lowest BCUT2D eigenvalue weighted by atomic mass is 10.2. The molecule has 1 aromatic carbocycles. The Hall–Kier alpha value is -2.38. The van der Waals surface area contributed by atoms with Crippen molar-refractivity contribution < 1.29 is 26.4 Å². The van der Waals surface area contributed by atoms with Crippen molar-refractivity contribution in [3.63, 3.8) is 0 Å². The molecule has 2 atom stereocenters. The van der Waals surface area contributed by atoms with Gasteiger partial charge in [0.05, 0.1) is 6.21 Å². The van der Waals surface area contributed by atoms with Crippen molar-refractivity contribution in [2.45, 2.75) is 19.3 Å². The summed E-state index contributed by atoms with van der Waals surface area (Å²) in [5, 5.41) is 3.45. The Morgan fingerprint density at radius 1 is 1.04 bits per heavy atom. The normalized spacial score (nSPS) is 20.3. The van der Waals surface area contributed by atoms with E-state index in [0.717, 1.165) is 18.4 Å². The molecule has 0 amide bonds. The predicted octanol–water partition coefficient (Wildman–Crippen LogP) is 4.54. The SMILES string of the molecule is C[C@H]1C[C@@H]1c1ccc(/C=N\Nc2c(F)c(F)c(F)c(F)c2F)o1. The quantitative estimate of drug-likeness (QED) is 0.294. The molecule has 3 nitrogen and oxygen atoms in total. The van der Waals surface area contributed by atoms with Crippen LogP contribution in [0.2, 0.25) is 0 Å². The van der Waals surface area contributed by atoms with Crippen LogP contribution < -0.4 is 5.43 Å². The van der Waals surface area contributed by atoms with Crippen LogP contribution in [0.4, 0.5) is 27.6 Å². The number of benzene rings is 1. The molecule has 1 fully saturated rings. The van der Waals surface area contributed by atoms with Gasteiger partial charge in [0.2, 0.25) is 5.82 Å². The molecule has 0 bridgehead atoms. The molecule has 0 spiro atoms. The van der Waals surface area contributed by atoms with E-state index in [1.54, 1.807) is 12.1 Å². The number of rotatable bonds is 4. The molecule has 1 aliphatic rings. The van der Waals surface area contributed by atoms with Crippen LogP contribution in [0.5, 0.6) is 0 Å². The molecule has 1 heterocycles. The molecule has 0 radical (unpaired) electrons. The van der Waals surface area contributed by atoms with Gasteiger partial charge in [-0.15, -0.1) is 0 Å². The third kappa shape index (κ3) is 2.80. The van der Waals surface area contributed by atoms with Crippen molar-refractivity contribution >= 4 is 11.9 Å². The molecule has 1 aromatic heterocycles. The molecular weight excluding hydrogens is 319 g/mol. The highest BCUT2D eigenvalue weighted by molar-refractivity contribution is 5.76. The predicted molar refractivity (Wildman–Crippen MR) is 72.7 cm³/mol. The molecule has 1 aliphatic carbocycles. The van der Waals surface area contributed by atoms with Crippen molar-refractivity contribution in [3.05, 3.63) is 52.7 Å². The van der Waals surface area contributed by atoms with Gasteiger partial charge in [0, 0.05) is 5.92 Å². The average molecular weight is 330 g/mol. The van der Waals surface area contributed by atoms with E-state index in [1.807, 2.05) is 5.43 Å². The number of anilines is 1. The molecule has 0 aliphatic heterocycles. The van der Waals surface area contributed by atoms with Gasteiger partial charge in [-0.1, -0.05) is 6.92 Å². The van der Waals surface area contributed by atoms with Gasteiger partial charge in [-0.2, -0.15) is 5.10 Å². The van der Waals surface area contributed by atoms with E-state index in [9.17, 15) is 22.0 Å². The van der Waals surface area contributed by atoms with Crippen molar-refractivity contribution in [2.24, 2.45) is 11.0 Å². The van der Waals surface area contributed by atoms with E-state index < -0.39 is 34.8 Å². The first-order valence-corrected chi connectivity index (χ1v) is 6.80. The van der Waals surface area contributed by atoms with Gasteiger partial charge < -0.3 is 4.42 Å². The summed E-state index contributed by atoms with van der Waals surface area (Å²) in [6, 6.07) is 3.36. The molecule has 23 heavy (non-hydrogen) atoms. The Balaban J connectivity index is 1.77. The summed E-state index contributed by atoms with van der Waals surface area (Å²) in [7, 11) is 0. The molecule has 2 aromatic rings. The zero-order valence-electron chi connectivity index (χ0n) is 11.8. The van der Waals surface area contributed by atoms with E-state index in [4.69, 9.17) is 4.42 Å². The molecule has 0 unspecified atom stereocenters. The third-order valence-corrected chi connectivity index (χ3v) is 3.70. The first kappa shape index (κ1) is 15.5. The molecule has 1 saturated carbocycles. The monoisotopic (exact) mass is 330 g/mol. The van der Waals surface area contributed by atoms with Crippen molar-refractivity contribution in [3.8, 4) is 0 Å². The fourth-order valence-corrected chi connectivity index (χ4v) is 2.22. The lowest BCUT2D eigenvalue weighted by Gasteiger charge is -2.06. The summed E-state index contributed by atoms with van der Waals surface area (Å²) in [6.07, 6.45) is 2.11. The lowest BCUT2D eigenvalue weighted by Crippen LogP contribution is -2.06. The van der Waals surface area contributed by atoms with Crippen molar-refractivity contribution in [1.29, 1.82) is 0 Å². The maximum absolute atomic E-state index is 13.4. The van der Waals surface area contributed by atoms with Crippen LogP contribution in [0, 0.1) is 35.0 Å². The van der Waals surface area contributed by atoms with Crippen LogP contribution >= 0.6 is 0 Å². The summed E-state index contributed by atoms with van der Waals surface area (Å²) >= 11 is 0. The topological polar surface area (TPSA) is 37.5 Å². The number of hydrogen-bond acceptors (Lipinski definition) is 3. The number of nitrogens with one attached hydrogen (secondary N) is 1. The summed E-state index contributed by atoms with van der Waals surface area (Å²) in [4.78, 5) is 0. The summed E-state index contributed by atoms with van der Waals surface area (Å²) < 4.78 is 71.2. The first-order chi connectivity index (χ1) is 10.9. The lowest BCUT2D eigenvalue weighted by molar-refractivity contribution is 0.381. The van der Waals surface area contributed by atoms with Crippen molar-refractivity contribution in [1.82, 2.24) is 0 Å². The third-order valence-electron chi connectivity index (χ3n) is 3.70. The molecular formula is C15H11F5N2O. The fraction of sp³-hybridized carbons (Fsp3) is 0.267. The van der Waals surface area contributed by atoms with Gasteiger partial charge >= 0.3 is 0 Å². The summed E-state index contributed by atoms with van der Waals surface area (Å²) in [5.74, 6) is -8.29. The Morgan fingerprint density at radius 2 is 1.61 bits per heavy atom. The average Bonchev–Trinajstić information content (AvgIpc) is 3.08. The van der Waals surface area contributed by atoms with Crippen LogP contribution in [0.15, 0.2) is 21.7 Å².